The Morgan fingerprint density at radius 2 is 2.36 bits per heavy atom. The van der Waals surface area contributed by atoms with Crippen LogP contribution in [0, 0.1) is 0 Å². The van der Waals surface area contributed by atoms with E-state index in [0.717, 1.165) is 30.4 Å². The van der Waals surface area contributed by atoms with Gasteiger partial charge in [-0.25, -0.2) is 0 Å². The van der Waals surface area contributed by atoms with Gasteiger partial charge in [-0.3, -0.25) is 4.79 Å². The van der Waals surface area contributed by atoms with Crippen LogP contribution in [0.2, 0.25) is 0 Å². The SMILES string of the molecule is CCNC(=O)C[N+]1(C)CCC[C@H](N)C1. The van der Waals surface area contributed by atoms with Crippen molar-refractivity contribution in [1.82, 2.24) is 5.32 Å². The highest BCUT2D eigenvalue weighted by Crippen LogP contribution is 2.14. The molecule has 1 amide bonds. The molecule has 4 nitrogen and oxygen atoms in total. The van der Waals surface area contributed by atoms with Crippen molar-refractivity contribution in [2.45, 2.75) is 25.8 Å². The monoisotopic (exact) mass is 200 g/mol. The first-order valence-corrected chi connectivity index (χ1v) is 5.41. The Hall–Kier alpha value is -0.610. The molecule has 1 aliphatic heterocycles. The lowest BCUT2D eigenvalue weighted by molar-refractivity contribution is -0.907. The van der Waals surface area contributed by atoms with Crippen molar-refractivity contribution in [2.75, 3.05) is 33.2 Å². The number of quaternary nitrogens is 1. The van der Waals surface area contributed by atoms with E-state index >= 15 is 0 Å². The van der Waals surface area contributed by atoms with E-state index in [1.54, 1.807) is 0 Å². The van der Waals surface area contributed by atoms with Gasteiger partial charge in [-0.15, -0.1) is 0 Å². The van der Waals surface area contributed by atoms with Crippen LogP contribution in [-0.2, 0) is 4.79 Å². The number of nitrogens with one attached hydrogen (secondary N) is 1. The van der Waals surface area contributed by atoms with Gasteiger partial charge in [-0.1, -0.05) is 0 Å². The summed E-state index contributed by atoms with van der Waals surface area (Å²) in [4.78, 5) is 11.5. The molecule has 1 aliphatic rings. The molecule has 1 rings (SSSR count). The van der Waals surface area contributed by atoms with Crippen LogP contribution in [0.15, 0.2) is 0 Å². The molecule has 1 unspecified atom stereocenters. The fraction of sp³-hybridized carbons (Fsp3) is 0.900. The molecule has 82 valence electrons. The topological polar surface area (TPSA) is 55.1 Å². The molecule has 1 saturated heterocycles. The minimum Gasteiger partial charge on any atom is -0.351 e. The number of nitrogens with zero attached hydrogens (tertiary/aromatic N) is 1. The summed E-state index contributed by atoms with van der Waals surface area (Å²) < 4.78 is 0.799. The Kier molecular flexibility index (Phi) is 3.89. The number of rotatable bonds is 3. The summed E-state index contributed by atoms with van der Waals surface area (Å²) in [7, 11) is 2.12. The van der Waals surface area contributed by atoms with E-state index in [1.807, 2.05) is 6.92 Å². The quantitative estimate of drug-likeness (QED) is 0.614. The number of nitrogens with two attached hydrogens (primary N) is 1. The van der Waals surface area contributed by atoms with Crippen molar-refractivity contribution in [1.29, 1.82) is 0 Å². The van der Waals surface area contributed by atoms with Gasteiger partial charge in [-0.05, 0) is 19.8 Å². The summed E-state index contributed by atoms with van der Waals surface area (Å²) in [5.74, 6) is 0.143. The number of hydrogen-bond acceptors (Lipinski definition) is 2. The Morgan fingerprint density at radius 3 is 2.93 bits per heavy atom. The number of carbonyl (C=O) groups is 1. The van der Waals surface area contributed by atoms with Gasteiger partial charge < -0.3 is 15.5 Å². The zero-order chi connectivity index (χ0) is 10.6. The summed E-state index contributed by atoms with van der Waals surface area (Å²) in [6.07, 6.45) is 2.24. The van der Waals surface area contributed by atoms with Crippen LogP contribution in [0.5, 0.6) is 0 Å². The van der Waals surface area contributed by atoms with Gasteiger partial charge in [-0.2, -0.15) is 0 Å². The Balaban J connectivity index is 2.43. The Morgan fingerprint density at radius 1 is 1.64 bits per heavy atom. The maximum Gasteiger partial charge on any atom is 0.275 e. The number of amides is 1. The second-order valence-electron chi connectivity index (χ2n) is 4.54. The van der Waals surface area contributed by atoms with Crippen molar-refractivity contribution in [2.24, 2.45) is 5.73 Å². The second kappa shape index (κ2) is 4.75. The minimum atomic E-state index is 0.143. The molecule has 0 radical (unpaired) electrons. The Labute approximate surface area is 86.0 Å². The predicted molar refractivity (Wildman–Crippen MR) is 56.7 cm³/mol. The molecule has 2 atom stereocenters. The third kappa shape index (κ3) is 3.27. The van der Waals surface area contributed by atoms with E-state index in [4.69, 9.17) is 5.73 Å². The molecule has 3 N–H and O–H groups in total. The number of piperidine rings is 1. The molecule has 0 aromatic rings. The Bertz CT molecular complexity index is 208. The third-order valence-electron chi connectivity index (χ3n) is 2.85. The van der Waals surface area contributed by atoms with E-state index in [-0.39, 0.29) is 11.9 Å². The van der Waals surface area contributed by atoms with Crippen molar-refractivity contribution in [3.63, 3.8) is 0 Å². The molecule has 1 fully saturated rings. The van der Waals surface area contributed by atoms with Crippen LogP contribution >= 0.6 is 0 Å². The molecule has 4 heteroatoms. The highest BCUT2D eigenvalue weighted by atomic mass is 16.2. The van der Waals surface area contributed by atoms with Crippen LogP contribution < -0.4 is 11.1 Å². The summed E-state index contributed by atoms with van der Waals surface area (Å²) in [5, 5.41) is 2.84. The van der Waals surface area contributed by atoms with Gasteiger partial charge in [0, 0.05) is 6.54 Å². The number of carbonyl (C=O) groups excluding carboxylic acids is 1. The van der Waals surface area contributed by atoms with Crippen LogP contribution in [0.1, 0.15) is 19.8 Å². The summed E-state index contributed by atoms with van der Waals surface area (Å²) in [6, 6.07) is 0.267. The fourth-order valence-electron chi connectivity index (χ4n) is 2.23. The smallest absolute Gasteiger partial charge is 0.275 e. The average molecular weight is 200 g/mol. The molecule has 0 spiro atoms. The first-order valence-electron chi connectivity index (χ1n) is 5.41. The molecule has 1 heterocycles. The highest BCUT2D eigenvalue weighted by Gasteiger charge is 2.31. The maximum absolute atomic E-state index is 11.5. The lowest BCUT2D eigenvalue weighted by Gasteiger charge is -2.39. The molecule has 0 saturated carbocycles. The van der Waals surface area contributed by atoms with Crippen molar-refractivity contribution >= 4 is 5.91 Å². The predicted octanol–water partition coefficient (Wildman–Crippen LogP) is -0.310. The molecule has 0 aliphatic carbocycles. The number of hydrogen-bond donors (Lipinski definition) is 2. The first kappa shape index (κ1) is 11.5. The van der Waals surface area contributed by atoms with Crippen molar-refractivity contribution in [3.05, 3.63) is 0 Å². The van der Waals surface area contributed by atoms with E-state index in [0.29, 0.717) is 13.1 Å². The lowest BCUT2D eigenvalue weighted by Crippen LogP contribution is -2.58. The zero-order valence-corrected chi connectivity index (χ0v) is 9.25. The van der Waals surface area contributed by atoms with Gasteiger partial charge in [0.2, 0.25) is 0 Å². The van der Waals surface area contributed by atoms with Gasteiger partial charge in [0.25, 0.3) is 5.91 Å². The largest absolute Gasteiger partial charge is 0.351 e. The lowest BCUT2D eigenvalue weighted by atomic mass is 10.0. The van der Waals surface area contributed by atoms with Crippen molar-refractivity contribution < 1.29 is 9.28 Å². The van der Waals surface area contributed by atoms with Crippen LogP contribution in [0.25, 0.3) is 0 Å². The molecule has 14 heavy (non-hydrogen) atoms. The maximum atomic E-state index is 11.5. The molecule has 0 bridgehead atoms. The second-order valence-corrected chi connectivity index (χ2v) is 4.54. The number of likely N-dealkylation sites (N-methyl/N-ethyl adjacent to an activating group) is 2. The van der Waals surface area contributed by atoms with Gasteiger partial charge >= 0.3 is 0 Å². The third-order valence-corrected chi connectivity index (χ3v) is 2.85. The van der Waals surface area contributed by atoms with E-state index in [1.165, 1.54) is 0 Å². The summed E-state index contributed by atoms with van der Waals surface area (Å²) in [6.45, 7) is 5.23. The van der Waals surface area contributed by atoms with Gasteiger partial charge in [0.1, 0.15) is 0 Å². The van der Waals surface area contributed by atoms with Crippen molar-refractivity contribution in [3.8, 4) is 0 Å². The van der Waals surface area contributed by atoms with E-state index in [9.17, 15) is 4.79 Å². The first-order chi connectivity index (χ1) is 6.56. The van der Waals surface area contributed by atoms with Crippen LogP contribution in [0.3, 0.4) is 0 Å². The van der Waals surface area contributed by atoms with Gasteiger partial charge in [0.15, 0.2) is 6.54 Å². The molecule has 0 aromatic carbocycles. The van der Waals surface area contributed by atoms with Crippen LogP contribution in [0.4, 0.5) is 0 Å². The zero-order valence-electron chi connectivity index (χ0n) is 9.25. The summed E-state index contributed by atoms with van der Waals surface area (Å²) in [5.41, 5.74) is 5.91. The van der Waals surface area contributed by atoms with Gasteiger partial charge in [0.05, 0.1) is 26.2 Å². The highest BCUT2D eigenvalue weighted by molar-refractivity contribution is 5.76. The van der Waals surface area contributed by atoms with E-state index < -0.39 is 0 Å². The van der Waals surface area contributed by atoms with E-state index in [2.05, 4.69) is 12.4 Å². The average Bonchev–Trinajstić information content (AvgIpc) is 2.02. The van der Waals surface area contributed by atoms with Crippen LogP contribution in [-0.4, -0.2) is 49.7 Å². The number of likely N-dealkylation sites (tertiary alicyclic amines) is 1. The standard InChI is InChI=1S/C10H21N3O/c1-3-12-10(14)8-13(2)6-4-5-9(11)7-13/h9H,3-8,11H2,1-2H3/p+1/t9-,13?/m0/s1. The molecular weight excluding hydrogens is 178 g/mol. The molecule has 0 aromatic heterocycles. The fourth-order valence-corrected chi connectivity index (χ4v) is 2.23. The normalized spacial score (nSPS) is 32.6. The minimum absolute atomic E-state index is 0.143. The molecular formula is C10H22N3O+. The summed E-state index contributed by atoms with van der Waals surface area (Å²) >= 11 is 0.